The van der Waals surface area contributed by atoms with Gasteiger partial charge in [0.05, 0.1) is 6.04 Å². The van der Waals surface area contributed by atoms with Gasteiger partial charge in [-0.05, 0) is 23.6 Å². The highest BCUT2D eigenvalue weighted by atomic mass is 16.2. The lowest BCUT2D eigenvalue weighted by Gasteiger charge is -2.38. The Labute approximate surface area is 129 Å². The van der Waals surface area contributed by atoms with E-state index in [0.717, 1.165) is 11.1 Å². The number of likely N-dealkylation sites (tertiary alicyclic amines) is 1. The van der Waals surface area contributed by atoms with Gasteiger partial charge in [0.25, 0.3) is 0 Å². The van der Waals surface area contributed by atoms with Gasteiger partial charge in [-0.1, -0.05) is 36.4 Å². The molecule has 3 amide bonds. The van der Waals surface area contributed by atoms with E-state index in [0.29, 0.717) is 19.4 Å². The minimum absolute atomic E-state index is 0.0520. The fourth-order valence-corrected chi connectivity index (χ4v) is 2.58. The molecule has 1 aromatic carbocycles. The summed E-state index contributed by atoms with van der Waals surface area (Å²) in [7, 11) is 0. The molecule has 1 N–H and O–H groups in total. The number of β-lactam (4-membered cyclic amide) rings is 1. The van der Waals surface area contributed by atoms with Crippen LogP contribution in [-0.2, 0) is 17.8 Å². The van der Waals surface area contributed by atoms with Gasteiger partial charge >= 0.3 is 6.03 Å². The Morgan fingerprint density at radius 2 is 1.95 bits per heavy atom. The third-order valence-corrected chi connectivity index (χ3v) is 3.74. The van der Waals surface area contributed by atoms with E-state index in [-0.39, 0.29) is 18.0 Å². The Kier molecular flexibility index (Phi) is 4.14. The van der Waals surface area contributed by atoms with Gasteiger partial charge in [0.15, 0.2) is 0 Å². The van der Waals surface area contributed by atoms with Crippen molar-refractivity contribution in [2.45, 2.75) is 25.4 Å². The largest absolute Gasteiger partial charge is 0.333 e. The van der Waals surface area contributed by atoms with Crippen LogP contribution in [0.5, 0.6) is 0 Å². The summed E-state index contributed by atoms with van der Waals surface area (Å²) in [6.45, 7) is 0.370. The molecule has 0 unspecified atom stereocenters. The van der Waals surface area contributed by atoms with Crippen LogP contribution in [-0.4, -0.2) is 27.9 Å². The number of nitrogens with one attached hydrogen (secondary N) is 1. The zero-order valence-corrected chi connectivity index (χ0v) is 12.1. The summed E-state index contributed by atoms with van der Waals surface area (Å²) in [5.41, 5.74) is 2.04. The van der Waals surface area contributed by atoms with E-state index >= 15 is 0 Å². The van der Waals surface area contributed by atoms with Crippen molar-refractivity contribution in [3.05, 3.63) is 66.0 Å². The summed E-state index contributed by atoms with van der Waals surface area (Å²) in [5, 5.41) is 2.77. The molecule has 1 aliphatic heterocycles. The first-order valence-electron chi connectivity index (χ1n) is 7.27. The average Bonchev–Trinajstić information content (AvgIpc) is 2.54. The highest BCUT2D eigenvalue weighted by Gasteiger charge is 2.40. The normalized spacial score (nSPS) is 17.0. The van der Waals surface area contributed by atoms with Gasteiger partial charge in [-0.3, -0.25) is 14.7 Å². The molecule has 1 aromatic heterocycles. The first-order valence-corrected chi connectivity index (χ1v) is 7.27. The van der Waals surface area contributed by atoms with Crippen molar-refractivity contribution >= 4 is 11.9 Å². The molecule has 0 spiro atoms. The standard InChI is InChI=1S/C17H17N3O2/c21-16-10-15(9-13-5-2-1-3-6-13)20(16)17(22)19-12-14-7-4-8-18-11-14/h1-8,11,15H,9-10,12H2,(H,19,22)/t15-/m0/s1. The molecule has 1 atom stereocenters. The number of pyridine rings is 1. The number of nitrogens with zero attached hydrogens (tertiary/aromatic N) is 2. The molecule has 0 bridgehead atoms. The minimum atomic E-state index is -0.332. The monoisotopic (exact) mass is 295 g/mol. The molecule has 2 heterocycles. The number of benzene rings is 1. The SMILES string of the molecule is O=C1C[C@H](Cc2ccccc2)N1C(=O)NCc1cccnc1. The summed E-state index contributed by atoms with van der Waals surface area (Å²) >= 11 is 0. The maximum atomic E-state index is 12.2. The van der Waals surface area contributed by atoms with Gasteiger partial charge < -0.3 is 5.32 Å². The summed E-state index contributed by atoms with van der Waals surface area (Å²) in [5.74, 6) is -0.121. The predicted molar refractivity (Wildman–Crippen MR) is 81.9 cm³/mol. The number of urea groups is 1. The zero-order valence-electron chi connectivity index (χ0n) is 12.1. The van der Waals surface area contributed by atoms with E-state index in [2.05, 4.69) is 10.3 Å². The van der Waals surface area contributed by atoms with Gasteiger partial charge in [0.1, 0.15) is 0 Å². The second-order valence-corrected chi connectivity index (χ2v) is 5.33. The summed E-state index contributed by atoms with van der Waals surface area (Å²) in [6, 6.07) is 13.2. The molecule has 2 aromatic rings. The molecular formula is C17H17N3O2. The summed E-state index contributed by atoms with van der Waals surface area (Å²) < 4.78 is 0. The van der Waals surface area contributed by atoms with Crippen LogP contribution in [0, 0.1) is 0 Å². The number of carbonyl (C=O) groups is 2. The van der Waals surface area contributed by atoms with Crippen molar-refractivity contribution in [1.82, 2.24) is 15.2 Å². The van der Waals surface area contributed by atoms with Crippen molar-refractivity contribution in [2.75, 3.05) is 0 Å². The molecule has 1 saturated heterocycles. The molecule has 0 radical (unpaired) electrons. The van der Waals surface area contributed by atoms with Gasteiger partial charge in [-0.15, -0.1) is 0 Å². The van der Waals surface area contributed by atoms with Crippen molar-refractivity contribution in [3.8, 4) is 0 Å². The van der Waals surface area contributed by atoms with Crippen LogP contribution >= 0.6 is 0 Å². The third kappa shape index (κ3) is 3.14. The Morgan fingerprint density at radius 1 is 1.18 bits per heavy atom. The first kappa shape index (κ1) is 14.3. The van der Waals surface area contributed by atoms with Crippen LogP contribution in [0.2, 0.25) is 0 Å². The molecule has 0 saturated carbocycles. The minimum Gasteiger partial charge on any atom is -0.333 e. The molecule has 5 heteroatoms. The Balaban J connectivity index is 1.57. The lowest BCUT2D eigenvalue weighted by molar-refractivity contribution is -0.140. The lowest BCUT2D eigenvalue weighted by Crippen LogP contribution is -2.59. The van der Waals surface area contributed by atoms with E-state index in [1.54, 1.807) is 12.4 Å². The number of rotatable bonds is 4. The number of hydrogen-bond donors (Lipinski definition) is 1. The molecule has 1 fully saturated rings. The maximum Gasteiger partial charge on any atom is 0.324 e. The number of aromatic nitrogens is 1. The van der Waals surface area contributed by atoms with Crippen molar-refractivity contribution in [3.63, 3.8) is 0 Å². The molecule has 112 valence electrons. The molecule has 5 nitrogen and oxygen atoms in total. The number of amides is 3. The number of imide groups is 1. The predicted octanol–water partition coefficient (Wildman–Crippen LogP) is 2.13. The lowest BCUT2D eigenvalue weighted by atomic mass is 9.95. The van der Waals surface area contributed by atoms with E-state index in [9.17, 15) is 9.59 Å². The number of hydrogen-bond acceptors (Lipinski definition) is 3. The highest BCUT2D eigenvalue weighted by molar-refractivity contribution is 5.99. The summed E-state index contributed by atoms with van der Waals surface area (Å²) in [6.07, 6.45) is 4.50. The van der Waals surface area contributed by atoms with Gasteiger partial charge in [0, 0.05) is 25.4 Å². The van der Waals surface area contributed by atoms with Crippen LogP contribution in [0.25, 0.3) is 0 Å². The number of carbonyl (C=O) groups excluding carboxylic acids is 2. The Morgan fingerprint density at radius 3 is 2.64 bits per heavy atom. The Hall–Kier alpha value is -2.69. The molecule has 1 aliphatic rings. The Bertz CT molecular complexity index is 658. The van der Waals surface area contributed by atoms with E-state index in [1.165, 1.54) is 4.90 Å². The van der Waals surface area contributed by atoms with E-state index in [4.69, 9.17) is 0 Å². The van der Waals surface area contributed by atoms with Crippen LogP contribution in [0.4, 0.5) is 4.79 Å². The average molecular weight is 295 g/mol. The van der Waals surface area contributed by atoms with Crippen LogP contribution in [0.15, 0.2) is 54.9 Å². The van der Waals surface area contributed by atoms with Crippen molar-refractivity contribution < 1.29 is 9.59 Å². The zero-order chi connectivity index (χ0) is 15.4. The highest BCUT2D eigenvalue weighted by Crippen LogP contribution is 2.23. The molecule has 3 rings (SSSR count). The van der Waals surface area contributed by atoms with Crippen LogP contribution in [0.1, 0.15) is 17.5 Å². The van der Waals surface area contributed by atoms with Crippen molar-refractivity contribution in [2.24, 2.45) is 0 Å². The molecule has 22 heavy (non-hydrogen) atoms. The fraction of sp³-hybridized carbons (Fsp3) is 0.235. The van der Waals surface area contributed by atoms with Crippen LogP contribution < -0.4 is 5.32 Å². The first-order chi connectivity index (χ1) is 10.7. The summed E-state index contributed by atoms with van der Waals surface area (Å²) in [4.78, 5) is 29.2. The molecule has 0 aliphatic carbocycles. The smallest absolute Gasteiger partial charge is 0.324 e. The van der Waals surface area contributed by atoms with Gasteiger partial charge in [-0.2, -0.15) is 0 Å². The van der Waals surface area contributed by atoms with E-state index < -0.39 is 0 Å². The topological polar surface area (TPSA) is 62.3 Å². The van der Waals surface area contributed by atoms with E-state index in [1.807, 2.05) is 42.5 Å². The second-order valence-electron chi connectivity index (χ2n) is 5.33. The quantitative estimate of drug-likeness (QED) is 0.879. The van der Waals surface area contributed by atoms with Gasteiger partial charge in [0.2, 0.25) is 5.91 Å². The maximum absolute atomic E-state index is 12.2. The van der Waals surface area contributed by atoms with Gasteiger partial charge in [-0.25, -0.2) is 4.79 Å². The fourth-order valence-electron chi connectivity index (χ4n) is 2.58. The molecular weight excluding hydrogens is 278 g/mol. The van der Waals surface area contributed by atoms with Crippen molar-refractivity contribution in [1.29, 1.82) is 0 Å². The third-order valence-electron chi connectivity index (χ3n) is 3.74. The second kappa shape index (κ2) is 6.39. The van der Waals surface area contributed by atoms with Crippen LogP contribution in [0.3, 0.4) is 0 Å².